The SMILES string of the molecule is CCS(=O)(=O)NC1CCN(C(=O)C2(C)CCCCN2)CC1. The molecule has 2 aliphatic heterocycles. The maximum atomic E-state index is 12.6. The highest BCUT2D eigenvalue weighted by Gasteiger charge is 2.38. The molecular formula is C14H27N3O3S. The van der Waals surface area contributed by atoms with E-state index in [1.165, 1.54) is 0 Å². The molecule has 0 aliphatic carbocycles. The number of likely N-dealkylation sites (tertiary alicyclic amines) is 1. The van der Waals surface area contributed by atoms with Crippen LogP contribution in [0.1, 0.15) is 46.0 Å². The van der Waals surface area contributed by atoms with Crippen molar-refractivity contribution in [2.24, 2.45) is 0 Å². The molecule has 0 aromatic carbocycles. The monoisotopic (exact) mass is 317 g/mol. The van der Waals surface area contributed by atoms with Crippen LogP contribution >= 0.6 is 0 Å². The van der Waals surface area contributed by atoms with Gasteiger partial charge in [0.1, 0.15) is 0 Å². The zero-order valence-electron chi connectivity index (χ0n) is 13.0. The van der Waals surface area contributed by atoms with E-state index in [2.05, 4.69) is 10.0 Å². The third kappa shape index (κ3) is 4.17. The smallest absolute Gasteiger partial charge is 0.242 e. The highest BCUT2D eigenvalue weighted by molar-refractivity contribution is 7.89. The second kappa shape index (κ2) is 6.62. The van der Waals surface area contributed by atoms with Crippen molar-refractivity contribution in [3.05, 3.63) is 0 Å². The summed E-state index contributed by atoms with van der Waals surface area (Å²) >= 11 is 0. The van der Waals surface area contributed by atoms with Gasteiger partial charge < -0.3 is 10.2 Å². The number of hydrogen-bond donors (Lipinski definition) is 2. The van der Waals surface area contributed by atoms with E-state index < -0.39 is 15.6 Å². The number of nitrogens with one attached hydrogen (secondary N) is 2. The van der Waals surface area contributed by atoms with E-state index in [0.29, 0.717) is 25.9 Å². The summed E-state index contributed by atoms with van der Waals surface area (Å²) < 4.78 is 25.9. The van der Waals surface area contributed by atoms with Crippen LogP contribution in [-0.4, -0.2) is 56.2 Å². The van der Waals surface area contributed by atoms with Crippen LogP contribution in [0.2, 0.25) is 0 Å². The van der Waals surface area contributed by atoms with Crippen LogP contribution in [0.15, 0.2) is 0 Å². The highest BCUT2D eigenvalue weighted by Crippen LogP contribution is 2.23. The first-order valence-electron chi connectivity index (χ1n) is 7.91. The Hall–Kier alpha value is -0.660. The van der Waals surface area contributed by atoms with Gasteiger partial charge in [-0.25, -0.2) is 13.1 Å². The van der Waals surface area contributed by atoms with E-state index in [9.17, 15) is 13.2 Å². The number of hydrogen-bond acceptors (Lipinski definition) is 4. The maximum absolute atomic E-state index is 12.6. The summed E-state index contributed by atoms with van der Waals surface area (Å²) in [5, 5.41) is 3.35. The molecule has 2 heterocycles. The number of nitrogens with zero attached hydrogens (tertiary/aromatic N) is 1. The Bertz CT molecular complexity index is 464. The fourth-order valence-corrected chi connectivity index (χ4v) is 4.04. The summed E-state index contributed by atoms with van der Waals surface area (Å²) in [4.78, 5) is 14.5. The largest absolute Gasteiger partial charge is 0.341 e. The molecule has 2 fully saturated rings. The maximum Gasteiger partial charge on any atom is 0.242 e. The predicted octanol–water partition coefficient (Wildman–Crippen LogP) is 0.449. The van der Waals surface area contributed by atoms with Crippen molar-refractivity contribution < 1.29 is 13.2 Å². The van der Waals surface area contributed by atoms with Crippen LogP contribution in [-0.2, 0) is 14.8 Å². The highest BCUT2D eigenvalue weighted by atomic mass is 32.2. The molecule has 6 nitrogen and oxygen atoms in total. The molecule has 1 amide bonds. The number of carbonyl (C=O) groups excluding carboxylic acids is 1. The minimum Gasteiger partial charge on any atom is -0.341 e. The van der Waals surface area contributed by atoms with Gasteiger partial charge in [0.25, 0.3) is 0 Å². The second-order valence-corrected chi connectivity index (χ2v) is 8.35. The first-order valence-corrected chi connectivity index (χ1v) is 9.56. The van der Waals surface area contributed by atoms with Gasteiger partial charge in [0.15, 0.2) is 0 Å². The number of carbonyl (C=O) groups is 1. The molecule has 21 heavy (non-hydrogen) atoms. The lowest BCUT2D eigenvalue weighted by molar-refractivity contribution is -0.139. The molecule has 0 aromatic rings. The molecule has 0 spiro atoms. The number of sulfonamides is 1. The van der Waals surface area contributed by atoms with Crippen LogP contribution in [0, 0.1) is 0 Å². The molecule has 122 valence electrons. The fraction of sp³-hybridized carbons (Fsp3) is 0.929. The molecule has 2 rings (SSSR count). The Morgan fingerprint density at radius 1 is 1.33 bits per heavy atom. The standard InChI is InChI=1S/C14H27N3O3S/c1-3-21(19,20)16-12-6-10-17(11-7-12)13(18)14(2)8-4-5-9-15-14/h12,15-16H,3-11H2,1-2H3. The van der Waals surface area contributed by atoms with E-state index in [-0.39, 0.29) is 17.7 Å². The summed E-state index contributed by atoms with van der Waals surface area (Å²) in [5.41, 5.74) is -0.436. The summed E-state index contributed by atoms with van der Waals surface area (Å²) in [6, 6.07) is -0.0360. The molecule has 2 aliphatic rings. The predicted molar refractivity (Wildman–Crippen MR) is 82.5 cm³/mol. The van der Waals surface area contributed by atoms with E-state index >= 15 is 0 Å². The molecule has 2 saturated heterocycles. The van der Waals surface area contributed by atoms with E-state index in [1.54, 1.807) is 6.92 Å². The van der Waals surface area contributed by atoms with Gasteiger partial charge in [-0.15, -0.1) is 0 Å². The Balaban J connectivity index is 1.87. The van der Waals surface area contributed by atoms with Gasteiger partial charge in [0.05, 0.1) is 11.3 Å². The fourth-order valence-electron chi connectivity index (χ4n) is 3.13. The van der Waals surface area contributed by atoms with Crippen molar-refractivity contribution >= 4 is 15.9 Å². The molecule has 2 N–H and O–H groups in total. The third-order valence-corrected chi connectivity index (χ3v) is 6.05. The number of rotatable bonds is 4. The Morgan fingerprint density at radius 3 is 2.52 bits per heavy atom. The summed E-state index contributed by atoms with van der Waals surface area (Å²) in [5.74, 6) is 0.271. The van der Waals surface area contributed by atoms with Crippen LogP contribution in [0.5, 0.6) is 0 Å². The van der Waals surface area contributed by atoms with Crippen LogP contribution in [0.3, 0.4) is 0 Å². The van der Waals surface area contributed by atoms with Crippen molar-refractivity contribution in [1.29, 1.82) is 0 Å². The van der Waals surface area contributed by atoms with Crippen molar-refractivity contribution in [2.45, 2.75) is 57.5 Å². The minimum atomic E-state index is -3.16. The second-order valence-electron chi connectivity index (χ2n) is 6.30. The van der Waals surface area contributed by atoms with Gasteiger partial charge in [0, 0.05) is 19.1 Å². The summed E-state index contributed by atoms with van der Waals surface area (Å²) in [6.07, 6.45) is 4.49. The first kappa shape index (κ1) is 16.7. The molecule has 0 saturated carbocycles. The summed E-state index contributed by atoms with van der Waals surface area (Å²) in [6.45, 7) is 5.78. The van der Waals surface area contributed by atoms with Gasteiger partial charge in [0.2, 0.25) is 15.9 Å². The third-order valence-electron chi connectivity index (χ3n) is 4.60. The average Bonchev–Trinajstić information content (AvgIpc) is 2.48. The summed E-state index contributed by atoms with van der Waals surface area (Å²) in [7, 11) is -3.16. The average molecular weight is 317 g/mol. The zero-order chi connectivity index (χ0) is 15.5. The van der Waals surface area contributed by atoms with E-state index in [4.69, 9.17) is 0 Å². The number of amides is 1. The lowest BCUT2D eigenvalue weighted by Crippen LogP contribution is -2.60. The van der Waals surface area contributed by atoms with Crippen molar-refractivity contribution in [3.63, 3.8) is 0 Å². The molecule has 0 radical (unpaired) electrons. The molecule has 0 bridgehead atoms. The topological polar surface area (TPSA) is 78.5 Å². The van der Waals surface area contributed by atoms with Crippen molar-refractivity contribution in [3.8, 4) is 0 Å². The Morgan fingerprint density at radius 2 is 2.00 bits per heavy atom. The molecule has 1 unspecified atom stereocenters. The lowest BCUT2D eigenvalue weighted by atomic mass is 9.88. The number of piperidine rings is 2. The molecule has 0 aromatic heterocycles. The van der Waals surface area contributed by atoms with Gasteiger partial charge in [-0.1, -0.05) is 0 Å². The van der Waals surface area contributed by atoms with Crippen LogP contribution in [0.25, 0.3) is 0 Å². The van der Waals surface area contributed by atoms with Gasteiger partial charge in [-0.2, -0.15) is 0 Å². The van der Waals surface area contributed by atoms with Crippen molar-refractivity contribution in [1.82, 2.24) is 14.9 Å². The quantitative estimate of drug-likeness (QED) is 0.789. The zero-order valence-corrected chi connectivity index (χ0v) is 13.8. The Kier molecular flexibility index (Phi) is 5.27. The first-order chi connectivity index (χ1) is 9.86. The van der Waals surface area contributed by atoms with Gasteiger partial charge >= 0.3 is 0 Å². The minimum absolute atomic E-state index is 0.0360. The Labute approximate surface area is 127 Å². The normalized spacial score (nSPS) is 28.6. The van der Waals surface area contributed by atoms with E-state index in [0.717, 1.165) is 25.8 Å². The van der Waals surface area contributed by atoms with Gasteiger partial charge in [-0.3, -0.25) is 4.79 Å². The lowest BCUT2D eigenvalue weighted by Gasteiger charge is -2.40. The molecule has 1 atom stereocenters. The molecule has 7 heteroatoms. The van der Waals surface area contributed by atoms with E-state index in [1.807, 2.05) is 11.8 Å². The molecular weight excluding hydrogens is 290 g/mol. The van der Waals surface area contributed by atoms with Crippen LogP contribution < -0.4 is 10.0 Å². The van der Waals surface area contributed by atoms with Crippen molar-refractivity contribution in [2.75, 3.05) is 25.4 Å². The van der Waals surface area contributed by atoms with Crippen LogP contribution in [0.4, 0.5) is 0 Å². The van der Waals surface area contributed by atoms with Gasteiger partial charge in [-0.05, 0) is 52.5 Å².